The van der Waals surface area contributed by atoms with Crippen molar-refractivity contribution in [2.45, 2.75) is 25.0 Å². The zero-order valence-electron chi connectivity index (χ0n) is 9.72. The average Bonchev–Trinajstić information content (AvgIpc) is 3.18. The Morgan fingerprint density at radius 3 is 2.59 bits per heavy atom. The lowest BCUT2D eigenvalue weighted by molar-refractivity contribution is -0.117. The Balaban J connectivity index is 1.84. The van der Waals surface area contributed by atoms with Crippen LogP contribution in [0.2, 0.25) is 0 Å². The molecular weight excluding hydrogens is 216 g/mol. The summed E-state index contributed by atoms with van der Waals surface area (Å²) in [6.07, 6.45) is 7.62. The summed E-state index contributed by atoms with van der Waals surface area (Å²) in [6, 6.07) is 0. The van der Waals surface area contributed by atoms with Crippen LogP contribution in [0.25, 0.3) is 0 Å². The molecule has 3 nitrogen and oxygen atoms in total. The number of hydrogen-bond donors (Lipinski definition) is 0. The van der Waals surface area contributed by atoms with Gasteiger partial charge in [0.15, 0.2) is 5.78 Å². The Morgan fingerprint density at radius 1 is 1.29 bits per heavy atom. The van der Waals surface area contributed by atoms with Crippen molar-refractivity contribution in [1.82, 2.24) is 0 Å². The lowest BCUT2D eigenvalue weighted by Gasteiger charge is -2.22. The van der Waals surface area contributed by atoms with Crippen molar-refractivity contribution in [1.29, 1.82) is 0 Å². The maximum absolute atomic E-state index is 12.0. The van der Waals surface area contributed by atoms with Gasteiger partial charge in [-0.25, -0.2) is 0 Å². The third kappa shape index (κ3) is 2.40. The molecule has 0 aromatic carbocycles. The highest BCUT2D eigenvalue weighted by Crippen LogP contribution is 2.36. The van der Waals surface area contributed by atoms with Gasteiger partial charge in [0.25, 0.3) is 0 Å². The van der Waals surface area contributed by atoms with E-state index in [1.807, 2.05) is 12.2 Å². The van der Waals surface area contributed by atoms with Crippen molar-refractivity contribution >= 4 is 5.78 Å². The molecule has 2 aliphatic heterocycles. The van der Waals surface area contributed by atoms with Gasteiger partial charge < -0.3 is 9.47 Å². The fourth-order valence-electron chi connectivity index (χ4n) is 2.38. The van der Waals surface area contributed by atoms with Gasteiger partial charge in [-0.1, -0.05) is 18.7 Å². The van der Waals surface area contributed by atoms with E-state index in [2.05, 4.69) is 6.58 Å². The molecule has 17 heavy (non-hydrogen) atoms. The van der Waals surface area contributed by atoms with Crippen LogP contribution < -0.4 is 0 Å². The third-order valence-electron chi connectivity index (χ3n) is 3.53. The first-order chi connectivity index (χ1) is 8.28. The molecule has 2 heterocycles. The van der Waals surface area contributed by atoms with Crippen LogP contribution in [-0.4, -0.2) is 31.2 Å². The van der Waals surface area contributed by atoms with Crippen LogP contribution in [0.1, 0.15) is 12.8 Å². The maximum atomic E-state index is 12.0. The van der Waals surface area contributed by atoms with Crippen LogP contribution in [-0.2, 0) is 14.3 Å². The minimum Gasteiger partial charge on any atom is -0.373 e. The van der Waals surface area contributed by atoms with Gasteiger partial charge in [-0.15, -0.1) is 0 Å². The van der Waals surface area contributed by atoms with Crippen LogP contribution in [0.5, 0.6) is 0 Å². The Kier molecular flexibility index (Phi) is 2.73. The van der Waals surface area contributed by atoms with E-state index >= 15 is 0 Å². The largest absolute Gasteiger partial charge is 0.373 e. The van der Waals surface area contributed by atoms with Crippen molar-refractivity contribution in [3.8, 4) is 0 Å². The lowest BCUT2D eigenvalue weighted by atomic mass is 9.81. The Hall–Kier alpha value is -1.19. The second-order valence-electron chi connectivity index (χ2n) is 4.82. The molecule has 0 N–H and O–H groups in total. The summed E-state index contributed by atoms with van der Waals surface area (Å²) in [5.41, 5.74) is 2.27. The highest BCUT2D eigenvalue weighted by Gasteiger charge is 2.36. The van der Waals surface area contributed by atoms with Crippen molar-refractivity contribution in [2.75, 3.05) is 13.2 Å². The molecule has 2 fully saturated rings. The molecule has 1 aliphatic carbocycles. The van der Waals surface area contributed by atoms with Crippen LogP contribution in [0.15, 0.2) is 36.0 Å². The molecule has 0 aromatic heterocycles. The van der Waals surface area contributed by atoms with Gasteiger partial charge in [-0.3, -0.25) is 4.79 Å². The Morgan fingerprint density at radius 2 is 2.00 bits per heavy atom. The van der Waals surface area contributed by atoms with E-state index in [4.69, 9.17) is 9.47 Å². The highest BCUT2D eigenvalue weighted by molar-refractivity contribution is 5.96. The lowest BCUT2D eigenvalue weighted by Crippen LogP contribution is -2.22. The molecule has 0 bridgehead atoms. The zero-order valence-corrected chi connectivity index (χ0v) is 9.72. The number of allylic oxidation sites excluding steroid dienone is 4. The van der Waals surface area contributed by atoms with E-state index in [1.54, 1.807) is 6.08 Å². The summed E-state index contributed by atoms with van der Waals surface area (Å²) in [7, 11) is 0. The topological polar surface area (TPSA) is 42.1 Å². The van der Waals surface area contributed by atoms with E-state index in [1.165, 1.54) is 5.57 Å². The van der Waals surface area contributed by atoms with Crippen LogP contribution >= 0.6 is 0 Å². The molecule has 90 valence electrons. The Labute approximate surface area is 101 Å². The fourth-order valence-corrected chi connectivity index (χ4v) is 2.38. The number of carbonyl (C=O) groups excluding carboxylic acids is 1. The van der Waals surface area contributed by atoms with Gasteiger partial charge in [0, 0.05) is 5.92 Å². The average molecular weight is 232 g/mol. The van der Waals surface area contributed by atoms with E-state index in [0.717, 1.165) is 31.6 Å². The van der Waals surface area contributed by atoms with Crippen LogP contribution in [0, 0.1) is 5.92 Å². The van der Waals surface area contributed by atoms with Crippen molar-refractivity contribution < 1.29 is 14.3 Å². The van der Waals surface area contributed by atoms with E-state index in [-0.39, 0.29) is 17.8 Å². The molecule has 2 saturated heterocycles. The molecule has 0 spiro atoms. The molecule has 0 saturated carbocycles. The van der Waals surface area contributed by atoms with Gasteiger partial charge in [0.2, 0.25) is 0 Å². The molecule has 0 radical (unpaired) electrons. The first kappa shape index (κ1) is 10.9. The monoisotopic (exact) mass is 232 g/mol. The second kappa shape index (κ2) is 4.24. The summed E-state index contributed by atoms with van der Waals surface area (Å²) >= 11 is 0. The molecule has 3 aliphatic rings. The molecule has 3 unspecified atom stereocenters. The molecule has 3 atom stereocenters. The summed E-state index contributed by atoms with van der Waals surface area (Å²) in [6.45, 7) is 5.44. The van der Waals surface area contributed by atoms with Gasteiger partial charge >= 0.3 is 0 Å². The first-order valence-electron chi connectivity index (χ1n) is 6.08. The van der Waals surface area contributed by atoms with E-state index < -0.39 is 0 Å². The molecule has 0 amide bonds. The van der Waals surface area contributed by atoms with Crippen molar-refractivity contribution in [2.24, 2.45) is 5.92 Å². The number of rotatable bonds is 5. The highest BCUT2D eigenvalue weighted by atomic mass is 16.6. The number of epoxide rings is 2. The maximum Gasteiger partial charge on any atom is 0.162 e. The Bertz CT molecular complexity index is 411. The van der Waals surface area contributed by atoms with Crippen molar-refractivity contribution in [3.05, 3.63) is 36.0 Å². The summed E-state index contributed by atoms with van der Waals surface area (Å²) in [4.78, 5) is 12.0. The summed E-state index contributed by atoms with van der Waals surface area (Å²) in [5.74, 6) is 0.173. The fraction of sp³-hybridized carbons (Fsp3) is 0.500. The molecule has 0 aromatic rings. The predicted molar refractivity (Wildman–Crippen MR) is 63.6 cm³/mol. The molecule has 3 rings (SSSR count). The van der Waals surface area contributed by atoms with Crippen LogP contribution in [0.3, 0.4) is 0 Å². The SMILES string of the molecule is C=CC1=C(CC2CO2)C(CC2CO2)C(=O)C=C1. The van der Waals surface area contributed by atoms with Gasteiger partial charge in [-0.05, 0) is 30.1 Å². The van der Waals surface area contributed by atoms with Crippen LogP contribution in [0.4, 0.5) is 0 Å². The van der Waals surface area contributed by atoms with Gasteiger partial charge in [-0.2, -0.15) is 0 Å². The quantitative estimate of drug-likeness (QED) is 0.679. The first-order valence-corrected chi connectivity index (χ1v) is 6.08. The van der Waals surface area contributed by atoms with Gasteiger partial charge in [0.05, 0.1) is 25.4 Å². The van der Waals surface area contributed by atoms with E-state index in [0.29, 0.717) is 6.10 Å². The minimum absolute atomic E-state index is 0.0234. The standard InChI is InChI=1S/C14H16O3/c1-2-9-3-4-14(15)13(6-11-8-17-11)12(9)5-10-7-16-10/h2-4,10-11,13H,1,5-8H2. The summed E-state index contributed by atoms with van der Waals surface area (Å²) in [5, 5.41) is 0. The number of carbonyl (C=O) groups is 1. The third-order valence-corrected chi connectivity index (χ3v) is 3.53. The molecular formula is C14H16O3. The van der Waals surface area contributed by atoms with Crippen molar-refractivity contribution in [3.63, 3.8) is 0 Å². The number of hydrogen-bond acceptors (Lipinski definition) is 3. The zero-order chi connectivity index (χ0) is 11.8. The normalized spacial score (nSPS) is 35.1. The second-order valence-corrected chi connectivity index (χ2v) is 4.82. The predicted octanol–water partition coefficient (Wildman–Crippen LogP) is 1.80. The summed E-state index contributed by atoms with van der Waals surface area (Å²) < 4.78 is 10.5. The smallest absolute Gasteiger partial charge is 0.162 e. The number of ketones is 1. The molecule has 3 heteroatoms. The van der Waals surface area contributed by atoms with Gasteiger partial charge in [0.1, 0.15) is 0 Å². The number of ether oxygens (including phenoxy) is 2. The minimum atomic E-state index is -0.0234. The van der Waals surface area contributed by atoms with E-state index in [9.17, 15) is 4.79 Å².